The van der Waals surface area contributed by atoms with Gasteiger partial charge < -0.3 is 10.1 Å². The van der Waals surface area contributed by atoms with E-state index in [1.54, 1.807) is 36.4 Å². The van der Waals surface area contributed by atoms with Crippen molar-refractivity contribution in [2.75, 3.05) is 23.7 Å². The van der Waals surface area contributed by atoms with Gasteiger partial charge in [-0.05, 0) is 54.4 Å². The van der Waals surface area contributed by atoms with Crippen molar-refractivity contribution in [1.29, 1.82) is 0 Å². The molecule has 1 N–H and O–H groups in total. The Balaban J connectivity index is 1.61. The van der Waals surface area contributed by atoms with Crippen LogP contribution in [0.25, 0.3) is 0 Å². The smallest absolute Gasteiger partial charge is 0.251 e. The molecule has 0 bridgehead atoms. The fraction of sp³-hybridized carbons (Fsp3) is 0.208. The molecule has 3 aromatic carbocycles. The topological polar surface area (TPSA) is 75.7 Å². The number of anilines is 1. The van der Waals surface area contributed by atoms with Crippen molar-refractivity contribution in [3.8, 4) is 5.75 Å². The van der Waals surface area contributed by atoms with E-state index in [-0.39, 0.29) is 17.5 Å². The lowest BCUT2D eigenvalue weighted by Gasteiger charge is -2.23. The molecule has 0 spiro atoms. The van der Waals surface area contributed by atoms with E-state index >= 15 is 0 Å². The van der Waals surface area contributed by atoms with Crippen molar-refractivity contribution < 1.29 is 17.9 Å². The standard InChI is InChI=1S/C24H24Cl2N2O4S/c1-17-5-3-4-6-23(17)32-14-13-27-24(29)19-9-7-18(8-10-19)16-28(33(2,30)31)22-12-11-20(25)15-21(22)26/h3-12,15H,13-14,16H2,1-2H3,(H,27,29). The van der Waals surface area contributed by atoms with Crippen LogP contribution >= 0.6 is 23.2 Å². The van der Waals surface area contributed by atoms with Gasteiger partial charge in [-0.15, -0.1) is 0 Å². The molecule has 0 aliphatic carbocycles. The number of carbonyl (C=O) groups excluding carboxylic acids is 1. The van der Waals surface area contributed by atoms with Gasteiger partial charge in [-0.3, -0.25) is 9.10 Å². The number of aryl methyl sites for hydroxylation is 1. The first kappa shape index (κ1) is 24.9. The first-order valence-corrected chi connectivity index (χ1v) is 12.7. The lowest BCUT2D eigenvalue weighted by molar-refractivity contribution is 0.0947. The van der Waals surface area contributed by atoms with Crippen LogP contribution in [0, 0.1) is 6.92 Å². The third-order valence-corrected chi connectivity index (χ3v) is 6.52. The zero-order valence-corrected chi connectivity index (χ0v) is 20.5. The molecule has 0 fully saturated rings. The molecule has 174 valence electrons. The van der Waals surface area contributed by atoms with Gasteiger partial charge in [-0.2, -0.15) is 0 Å². The third kappa shape index (κ3) is 6.87. The zero-order valence-electron chi connectivity index (χ0n) is 18.2. The predicted octanol–water partition coefficient (Wildman–Crippen LogP) is 5.08. The van der Waals surface area contributed by atoms with Crippen molar-refractivity contribution in [2.45, 2.75) is 13.5 Å². The molecule has 0 radical (unpaired) electrons. The minimum Gasteiger partial charge on any atom is -0.491 e. The van der Waals surface area contributed by atoms with E-state index in [4.69, 9.17) is 27.9 Å². The first-order chi connectivity index (χ1) is 15.6. The summed E-state index contributed by atoms with van der Waals surface area (Å²) in [6.45, 7) is 2.72. The maximum absolute atomic E-state index is 12.4. The van der Waals surface area contributed by atoms with Crippen LogP contribution in [-0.4, -0.2) is 33.7 Å². The quantitative estimate of drug-likeness (QED) is 0.410. The van der Waals surface area contributed by atoms with E-state index in [0.29, 0.717) is 35.0 Å². The molecule has 6 nitrogen and oxygen atoms in total. The van der Waals surface area contributed by atoms with Crippen LogP contribution in [0.1, 0.15) is 21.5 Å². The number of halogens is 2. The van der Waals surface area contributed by atoms with Gasteiger partial charge in [0.25, 0.3) is 5.91 Å². The van der Waals surface area contributed by atoms with Gasteiger partial charge in [0.05, 0.1) is 30.1 Å². The highest BCUT2D eigenvalue weighted by Gasteiger charge is 2.21. The molecule has 0 aliphatic rings. The highest BCUT2D eigenvalue weighted by Crippen LogP contribution is 2.31. The molecule has 0 aliphatic heterocycles. The maximum Gasteiger partial charge on any atom is 0.251 e. The number of hydrogen-bond acceptors (Lipinski definition) is 4. The first-order valence-electron chi connectivity index (χ1n) is 10.1. The molecule has 9 heteroatoms. The molecule has 0 saturated heterocycles. The van der Waals surface area contributed by atoms with Gasteiger partial charge in [0, 0.05) is 10.6 Å². The van der Waals surface area contributed by atoms with E-state index < -0.39 is 10.0 Å². The Kier molecular flexibility index (Phi) is 8.24. The summed E-state index contributed by atoms with van der Waals surface area (Å²) in [6.07, 6.45) is 1.11. The zero-order chi connectivity index (χ0) is 24.0. The summed E-state index contributed by atoms with van der Waals surface area (Å²) < 4.78 is 31.6. The maximum atomic E-state index is 12.4. The number of rotatable bonds is 9. The lowest BCUT2D eigenvalue weighted by atomic mass is 10.1. The van der Waals surface area contributed by atoms with Crippen LogP contribution < -0.4 is 14.4 Å². The molecule has 0 heterocycles. The van der Waals surface area contributed by atoms with Crippen LogP contribution in [0.4, 0.5) is 5.69 Å². The molecule has 0 unspecified atom stereocenters. The molecule has 3 aromatic rings. The van der Waals surface area contributed by atoms with E-state index in [1.165, 1.54) is 10.4 Å². The van der Waals surface area contributed by atoms with Gasteiger partial charge in [0.2, 0.25) is 10.0 Å². The number of nitrogens with one attached hydrogen (secondary N) is 1. The fourth-order valence-electron chi connectivity index (χ4n) is 3.14. The van der Waals surface area contributed by atoms with Crippen LogP contribution in [0.15, 0.2) is 66.7 Å². The monoisotopic (exact) mass is 506 g/mol. The van der Waals surface area contributed by atoms with Gasteiger partial charge in [0.15, 0.2) is 0 Å². The summed E-state index contributed by atoms with van der Waals surface area (Å²) >= 11 is 12.1. The second kappa shape index (κ2) is 10.9. The van der Waals surface area contributed by atoms with E-state index in [2.05, 4.69) is 5.32 Å². The SMILES string of the molecule is Cc1ccccc1OCCNC(=O)c1ccc(CN(c2ccc(Cl)cc2Cl)S(C)(=O)=O)cc1. The van der Waals surface area contributed by atoms with Gasteiger partial charge in [-0.1, -0.05) is 53.5 Å². The number of para-hydroxylation sites is 1. The van der Waals surface area contributed by atoms with Crippen molar-refractivity contribution in [3.63, 3.8) is 0 Å². The van der Waals surface area contributed by atoms with Crippen LogP contribution in [0.3, 0.4) is 0 Å². The molecule has 33 heavy (non-hydrogen) atoms. The number of hydrogen-bond donors (Lipinski definition) is 1. The summed E-state index contributed by atoms with van der Waals surface area (Å²) in [5, 5.41) is 3.46. The number of sulfonamides is 1. The highest BCUT2D eigenvalue weighted by atomic mass is 35.5. The average molecular weight is 507 g/mol. The van der Waals surface area contributed by atoms with E-state index in [1.807, 2.05) is 31.2 Å². The molecule has 0 atom stereocenters. The van der Waals surface area contributed by atoms with E-state index in [9.17, 15) is 13.2 Å². The van der Waals surface area contributed by atoms with Crippen molar-refractivity contribution in [2.24, 2.45) is 0 Å². The molecule has 0 aromatic heterocycles. The second-order valence-corrected chi connectivity index (χ2v) is 10.2. The molecule has 0 saturated carbocycles. The van der Waals surface area contributed by atoms with Crippen molar-refractivity contribution >= 4 is 44.8 Å². The van der Waals surface area contributed by atoms with Crippen molar-refractivity contribution in [3.05, 3.63) is 93.5 Å². The Morgan fingerprint density at radius 2 is 1.73 bits per heavy atom. The van der Waals surface area contributed by atoms with Crippen LogP contribution in [-0.2, 0) is 16.6 Å². The predicted molar refractivity (Wildman–Crippen MR) is 133 cm³/mol. The second-order valence-electron chi connectivity index (χ2n) is 7.43. The Bertz CT molecular complexity index is 1230. The Morgan fingerprint density at radius 3 is 2.36 bits per heavy atom. The normalized spacial score (nSPS) is 11.2. The van der Waals surface area contributed by atoms with Crippen molar-refractivity contribution in [1.82, 2.24) is 5.32 Å². The minimum absolute atomic E-state index is 0.0619. The Hall–Kier alpha value is -2.74. The van der Waals surface area contributed by atoms with Gasteiger partial charge in [-0.25, -0.2) is 8.42 Å². The van der Waals surface area contributed by atoms with Crippen LogP contribution in [0.5, 0.6) is 5.75 Å². The largest absolute Gasteiger partial charge is 0.491 e. The van der Waals surface area contributed by atoms with E-state index in [0.717, 1.165) is 17.6 Å². The number of amides is 1. The molecule has 3 rings (SSSR count). The summed E-state index contributed by atoms with van der Waals surface area (Å²) in [4.78, 5) is 12.4. The number of nitrogens with zero attached hydrogens (tertiary/aromatic N) is 1. The fourth-order valence-corrected chi connectivity index (χ4v) is 4.60. The van der Waals surface area contributed by atoms with Crippen LogP contribution in [0.2, 0.25) is 10.0 Å². The number of benzene rings is 3. The molecular formula is C24H24Cl2N2O4S. The van der Waals surface area contributed by atoms with Gasteiger partial charge in [0.1, 0.15) is 12.4 Å². The molecular weight excluding hydrogens is 483 g/mol. The summed E-state index contributed by atoms with van der Waals surface area (Å²) in [6, 6.07) is 19.0. The Labute approximate surface area is 204 Å². The van der Waals surface area contributed by atoms with Gasteiger partial charge >= 0.3 is 0 Å². The highest BCUT2D eigenvalue weighted by molar-refractivity contribution is 7.92. The number of ether oxygens (including phenoxy) is 1. The Morgan fingerprint density at radius 1 is 1.03 bits per heavy atom. The lowest BCUT2D eigenvalue weighted by Crippen LogP contribution is -2.30. The minimum atomic E-state index is -3.61. The summed E-state index contributed by atoms with van der Waals surface area (Å²) in [5.41, 5.74) is 2.53. The summed E-state index contributed by atoms with van der Waals surface area (Å²) in [7, 11) is -3.61. The summed E-state index contributed by atoms with van der Waals surface area (Å²) in [5.74, 6) is 0.544. The number of carbonyl (C=O) groups is 1. The molecule has 1 amide bonds. The third-order valence-electron chi connectivity index (χ3n) is 4.86. The average Bonchev–Trinajstić information content (AvgIpc) is 2.76.